The summed E-state index contributed by atoms with van der Waals surface area (Å²) < 4.78 is 5.29. The summed E-state index contributed by atoms with van der Waals surface area (Å²) in [5.41, 5.74) is 2.80. The van der Waals surface area contributed by atoms with Crippen LogP contribution in [0.5, 0.6) is 5.75 Å². The van der Waals surface area contributed by atoms with E-state index in [0.29, 0.717) is 0 Å². The van der Waals surface area contributed by atoms with Crippen molar-refractivity contribution in [1.82, 2.24) is 4.90 Å². The molecule has 0 radical (unpaired) electrons. The highest BCUT2D eigenvalue weighted by molar-refractivity contribution is 5.27. The molecule has 0 aliphatic rings. The molecule has 2 nitrogen and oxygen atoms in total. The van der Waals surface area contributed by atoms with Crippen molar-refractivity contribution in [3.05, 3.63) is 65.7 Å². The van der Waals surface area contributed by atoms with Crippen LogP contribution in [0.15, 0.2) is 54.6 Å². The Morgan fingerprint density at radius 1 is 0.704 bits per heavy atom. The van der Waals surface area contributed by atoms with E-state index in [4.69, 9.17) is 4.74 Å². The van der Waals surface area contributed by atoms with Crippen LogP contribution in [-0.4, -0.2) is 25.1 Å². The first-order valence-electron chi connectivity index (χ1n) is 10.7. The highest BCUT2D eigenvalue weighted by Crippen LogP contribution is 2.15. The molecule has 0 spiro atoms. The van der Waals surface area contributed by atoms with Crippen LogP contribution in [0.1, 0.15) is 63.0 Å². The molecule has 2 rings (SSSR count). The smallest absolute Gasteiger partial charge is 0.118 e. The number of methoxy groups -OCH3 is 1. The molecule has 0 saturated heterocycles. The van der Waals surface area contributed by atoms with Crippen LogP contribution in [0.3, 0.4) is 0 Å². The third-order valence-electron chi connectivity index (χ3n) is 5.20. The zero-order valence-corrected chi connectivity index (χ0v) is 17.3. The van der Waals surface area contributed by atoms with Crippen molar-refractivity contribution in [1.29, 1.82) is 0 Å². The summed E-state index contributed by atoms with van der Waals surface area (Å²) in [5, 5.41) is 0. The van der Waals surface area contributed by atoms with E-state index in [2.05, 4.69) is 66.4 Å². The van der Waals surface area contributed by atoms with Crippen LogP contribution in [0.2, 0.25) is 0 Å². The molecule has 0 unspecified atom stereocenters. The summed E-state index contributed by atoms with van der Waals surface area (Å²) in [6.45, 7) is 5.61. The fourth-order valence-electron chi connectivity index (χ4n) is 3.48. The van der Waals surface area contributed by atoms with E-state index >= 15 is 0 Å². The molecule has 0 aliphatic carbocycles. The molecule has 2 aromatic rings. The van der Waals surface area contributed by atoms with Crippen LogP contribution in [0, 0.1) is 0 Å². The lowest BCUT2D eigenvalue weighted by Crippen LogP contribution is -2.27. The van der Waals surface area contributed by atoms with Gasteiger partial charge in [0.25, 0.3) is 0 Å². The van der Waals surface area contributed by atoms with E-state index in [9.17, 15) is 0 Å². The maximum atomic E-state index is 5.29. The molecule has 0 heterocycles. The fraction of sp³-hybridized carbons (Fsp3) is 0.520. The van der Waals surface area contributed by atoms with Gasteiger partial charge in [0.1, 0.15) is 5.75 Å². The minimum absolute atomic E-state index is 0.932. The summed E-state index contributed by atoms with van der Waals surface area (Å²) >= 11 is 0. The number of unbranched alkanes of at least 4 members (excludes halogenated alkanes) is 6. The molecule has 27 heavy (non-hydrogen) atoms. The fourth-order valence-corrected chi connectivity index (χ4v) is 3.48. The van der Waals surface area contributed by atoms with Crippen molar-refractivity contribution < 1.29 is 4.74 Å². The number of ether oxygens (including phenoxy) is 1. The SMILES string of the molecule is CCCCCCCCCN(CCc1ccccc1)Cc1ccc(OC)cc1. The summed E-state index contributed by atoms with van der Waals surface area (Å²) in [6.07, 6.45) is 10.7. The topological polar surface area (TPSA) is 12.5 Å². The van der Waals surface area contributed by atoms with Crippen LogP contribution in [0.4, 0.5) is 0 Å². The summed E-state index contributed by atoms with van der Waals surface area (Å²) in [7, 11) is 1.72. The van der Waals surface area contributed by atoms with E-state index in [1.54, 1.807) is 7.11 Å². The molecule has 0 amide bonds. The van der Waals surface area contributed by atoms with Crippen molar-refractivity contribution in [3.63, 3.8) is 0 Å². The molecular weight excluding hydrogens is 330 g/mol. The number of hydrogen-bond donors (Lipinski definition) is 0. The summed E-state index contributed by atoms with van der Waals surface area (Å²) in [4.78, 5) is 2.61. The number of rotatable bonds is 14. The minimum Gasteiger partial charge on any atom is -0.497 e. The lowest BCUT2D eigenvalue weighted by Gasteiger charge is -2.23. The Labute approximate surface area is 166 Å². The second-order valence-electron chi connectivity index (χ2n) is 7.48. The molecule has 0 aromatic heterocycles. The van der Waals surface area contributed by atoms with Crippen molar-refractivity contribution in [2.75, 3.05) is 20.2 Å². The number of benzene rings is 2. The molecule has 0 aliphatic heterocycles. The van der Waals surface area contributed by atoms with Gasteiger partial charge >= 0.3 is 0 Å². The van der Waals surface area contributed by atoms with Gasteiger partial charge in [-0.15, -0.1) is 0 Å². The Balaban J connectivity index is 1.81. The predicted molar refractivity (Wildman–Crippen MR) is 116 cm³/mol. The zero-order valence-electron chi connectivity index (χ0n) is 17.3. The Hall–Kier alpha value is -1.80. The predicted octanol–water partition coefficient (Wildman–Crippen LogP) is 6.49. The second kappa shape index (κ2) is 13.4. The normalized spacial score (nSPS) is 11.1. The van der Waals surface area contributed by atoms with E-state index in [1.807, 2.05) is 0 Å². The zero-order chi connectivity index (χ0) is 19.2. The lowest BCUT2D eigenvalue weighted by molar-refractivity contribution is 0.261. The van der Waals surface area contributed by atoms with Crippen LogP contribution < -0.4 is 4.74 Å². The van der Waals surface area contributed by atoms with Gasteiger partial charge in [-0.05, 0) is 42.6 Å². The van der Waals surface area contributed by atoms with Gasteiger partial charge in [-0.25, -0.2) is 0 Å². The van der Waals surface area contributed by atoms with Gasteiger partial charge in [0, 0.05) is 13.1 Å². The largest absolute Gasteiger partial charge is 0.497 e. The van der Waals surface area contributed by atoms with Gasteiger partial charge in [-0.3, -0.25) is 4.90 Å². The highest BCUT2D eigenvalue weighted by atomic mass is 16.5. The lowest BCUT2D eigenvalue weighted by atomic mass is 10.1. The third-order valence-corrected chi connectivity index (χ3v) is 5.20. The van der Waals surface area contributed by atoms with Crippen molar-refractivity contribution >= 4 is 0 Å². The number of nitrogens with zero attached hydrogens (tertiary/aromatic N) is 1. The Kier molecular flexibility index (Phi) is 10.7. The average molecular weight is 368 g/mol. The van der Waals surface area contributed by atoms with Crippen LogP contribution in [0.25, 0.3) is 0 Å². The first-order chi connectivity index (χ1) is 13.3. The standard InChI is InChI=1S/C25H37NO/c1-3-4-5-6-7-8-12-20-26(21-19-23-13-10-9-11-14-23)22-24-15-17-25(27-2)18-16-24/h9-11,13-18H,3-8,12,19-22H2,1-2H3. The number of hydrogen-bond acceptors (Lipinski definition) is 2. The highest BCUT2D eigenvalue weighted by Gasteiger charge is 2.07. The van der Waals surface area contributed by atoms with Gasteiger partial charge in [-0.1, -0.05) is 87.9 Å². The first-order valence-corrected chi connectivity index (χ1v) is 10.7. The maximum absolute atomic E-state index is 5.29. The Morgan fingerprint density at radius 3 is 2.04 bits per heavy atom. The first kappa shape index (κ1) is 21.5. The third kappa shape index (κ3) is 9.10. The van der Waals surface area contributed by atoms with E-state index in [-0.39, 0.29) is 0 Å². The monoisotopic (exact) mass is 367 g/mol. The van der Waals surface area contributed by atoms with Crippen LogP contribution in [-0.2, 0) is 13.0 Å². The van der Waals surface area contributed by atoms with E-state index in [1.165, 1.54) is 62.6 Å². The van der Waals surface area contributed by atoms with Crippen molar-refractivity contribution in [2.45, 2.75) is 64.8 Å². The van der Waals surface area contributed by atoms with E-state index < -0.39 is 0 Å². The molecule has 148 valence electrons. The van der Waals surface area contributed by atoms with Gasteiger partial charge in [0.05, 0.1) is 7.11 Å². The maximum Gasteiger partial charge on any atom is 0.118 e. The van der Waals surface area contributed by atoms with Gasteiger partial charge in [0.2, 0.25) is 0 Å². The van der Waals surface area contributed by atoms with Gasteiger partial charge in [0.15, 0.2) is 0 Å². The molecule has 0 atom stereocenters. The molecular formula is C25H37NO. The summed E-state index contributed by atoms with van der Waals surface area (Å²) in [6, 6.07) is 19.4. The van der Waals surface area contributed by atoms with E-state index in [0.717, 1.165) is 25.3 Å². The van der Waals surface area contributed by atoms with Crippen LogP contribution >= 0.6 is 0 Å². The molecule has 0 N–H and O–H groups in total. The second-order valence-corrected chi connectivity index (χ2v) is 7.48. The molecule has 0 bridgehead atoms. The molecule has 0 saturated carbocycles. The van der Waals surface area contributed by atoms with Gasteiger partial charge in [-0.2, -0.15) is 0 Å². The molecule has 0 fully saturated rings. The molecule has 2 aromatic carbocycles. The van der Waals surface area contributed by atoms with Crippen molar-refractivity contribution in [2.24, 2.45) is 0 Å². The Bertz CT molecular complexity index is 593. The summed E-state index contributed by atoms with van der Waals surface area (Å²) in [5.74, 6) is 0.932. The molecule has 2 heteroatoms. The van der Waals surface area contributed by atoms with Crippen molar-refractivity contribution in [3.8, 4) is 5.75 Å². The average Bonchev–Trinajstić information content (AvgIpc) is 2.72. The van der Waals surface area contributed by atoms with Gasteiger partial charge < -0.3 is 4.74 Å². The quantitative estimate of drug-likeness (QED) is 0.354. The Morgan fingerprint density at radius 2 is 1.37 bits per heavy atom. The minimum atomic E-state index is 0.932.